The van der Waals surface area contributed by atoms with E-state index in [4.69, 9.17) is 9.15 Å². The summed E-state index contributed by atoms with van der Waals surface area (Å²) in [5.74, 6) is -0.00245. The molecule has 0 bridgehead atoms. The molecule has 3 aromatic heterocycles. The molecule has 1 fully saturated rings. The number of thiophene rings is 2. The molecule has 1 aromatic carbocycles. The van der Waals surface area contributed by atoms with Crippen molar-refractivity contribution in [2.24, 2.45) is 5.92 Å². The smallest absolute Gasteiger partial charge is 0.342 e. The molecular formula is C23H19N3O4S2. The van der Waals surface area contributed by atoms with Gasteiger partial charge in [-0.25, -0.2) is 4.79 Å². The second-order valence-electron chi connectivity index (χ2n) is 7.45. The second kappa shape index (κ2) is 8.68. The highest BCUT2D eigenvalue weighted by Gasteiger charge is 2.32. The molecule has 1 aliphatic rings. The van der Waals surface area contributed by atoms with Gasteiger partial charge in [0.05, 0.1) is 4.88 Å². The van der Waals surface area contributed by atoms with Crippen molar-refractivity contribution in [3.05, 3.63) is 64.7 Å². The number of aromatic nitrogens is 2. The third-order valence-corrected chi connectivity index (χ3v) is 6.82. The van der Waals surface area contributed by atoms with Crippen molar-refractivity contribution in [2.75, 3.05) is 5.32 Å². The summed E-state index contributed by atoms with van der Waals surface area (Å²) in [6.07, 6.45) is 1.01. The third kappa shape index (κ3) is 4.21. The van der Waals surface area contributed by atoms with Crippen LogP contribution in [-0.4, -0.2) is 22.1 Å². The zero-order valence-corrected chi connectivity index (χ0v) is 18.7. The first-order chi connectivity index (χ1) is 15.6. The molecule has 9 heteroatoms. The molecule has 5 rings (SSSR count). The molecule has 0 aliphatic heterocycles. The van der Waals surface area contributed by atoms with Crippen molar-refractivity contribution < 1.29 is 18.7 Å². The quantitative estimate of drug-likeness (QED) is 0.347. The van der Waals surface area contributed by atoms with E-state index in [1.807, 2.05) is 53.2 Å². The van der Waals surface area contributed by atoms with Gasteiger partial charge < -0.3 is 14.5 Å². The fourth-order valence-electron chi connectivity index (χ4n) is 3.21. The zero-order valence-electron chi connectivity index (χ0n) is 17.1. The molecule has 1 atom stereocenters. The van der Waals surface area contributed by atoms with E-state index in [0.717, 1.165) is 23.3 Å². The lowest BCUT2D eigenvalue weighted by Gasteiger charge is -2.12. The average molecular weight is 466 g/mol. The first kappa shape index (κ1) is 20.6. The van der Waals surface area contributed by atoms with E-state index in [-0.39, 0.29) is 17.7 Å². The van der Waals surface area contributed by atoms with Gasteiger partial charge >= 0.3 is 5.97 Å². The molecule has 1 aliphatic carbocycles. The van der Waals surface area contributed by atoms with E-state index in [9.17, 15) is 9.59 Å². The van der Waals surface area contributed by atoms with Gasteiger partial charge in [0.15, 0.2) is 6.10 Å². The number of hydrogen-bond acceptors (Lipinski definition) is 8. The Bertz CT molecular complexity index is 1240. The number of amides is 1. The minimum Gasteiger partial charge on any atom is -0.449 e. The monoisotopic (exact) mass is 465 g/mol. The van der Waals surface area contributed by atoms with Crippen LogP contribution in [0.1, 0.15) is 42.1 Å². The molecule has 1 N–H and O–H groups in total. The Morgan fingerprint density at radius 2 is 1.94 bits per heavy atom. The number of nitrogens with one attached hydrogen (secondary N) is 1. The highest BCUT2D eigenvalue weighted by atomic mass is 32.1. The van der Waals surface area contributed by atoms with Crippen LogP contribution in [0.5, 0.6) is 0 Å². The number of hydrogen-bond donors (Lipinski definition) is 1. The SMILES string of the molecule is CC(OC(=O)c1c(-c2ccccc2)csc1NC(=O)C1CC1)c1nnc(-c2cccs2)o1. The van der Waals surface area contributed by atoms with Crippen molar-refractivity contribution >= 4 is 39.6 Å². The molecule has 1 amide bonds. The Morgan fingerprint density at radius 3 is 2.66 bits per heavy atom. The summed E-state index contributed by atoms with van der Waals surface area (Å²) in [6.45, 7) is 1.68. The van der Waals surface area contributed by atoms with E-state index in [0.29, 0.717) is 22.0 Å². The zero-order chi connectivity index (χ0) is 22.1. The van der Waals surface area contributed by atoms with Gasteiger partial charge in [-0.15, -0.1) is 32.9 Å². The normalized spacial score (nSPS) is 14.2. The summed E-state index contributed by atoms with van der Waals surface area (Å²) in [6, 6.07) is 13.3. The lowest BCUT2D eigenvalue weighted by atomic mass is 10.0. The molecule has 0 radical (unpaired) electrons. The van der Waals surface area contributed by atoms with Gasteiger partial charge in [-0.05, 0) is 36.8 Å². The van der Waals surface area contributed by atoms with Crippen molar-refractivity contribution in [3.8, 4) is 21.9 Å². The summed E-state index contributed by atoms with van der Waals surface area (Å²) in [7, 11) is 0. The second-order valence-corrected chi connectivity index (χ2v) is 9.28. The average Bonchev–Trinajstić information content (AvgIpc) is 3.20. The Hall–Kier alpha value is -3.30. The summed E-state index contributed by atoms with van der Waals surface area (Å²) in [5.41, 5.74) is 1.91. The number of carbonyl (C=O) groups excluding carboxylic acids is 2. The van der Waals surface area contributed by atoms with Crippen molar-refractivity contribution in [2.45, 2.75) is 25.9 Å². The third-order valence-electron chi connectivity index (χ3n) is 5.07. The van der Waals surface area contributed by atoms with Gasteiger partial charge in [0.25, 0.3) is 11.8 Å². The van der Waals surface area contributed by atoms with Gasteiger partial charge in [-0.2, -0.15) is 0 Å². The lowest BCUT2D eigenvalue weighted by molar-refractivity contribution is -0.117. The summed E-state index contributed by atoms with van der Waals surface area (Å²) >= 11 is 2.80. The van der Waals surface area contributed by atoms with Gasteiger partial charge in [-0.1, -0.05) is 36.4 Å². The molecule has 3 heterocycles. The summed E-state index contributed by atoms with van der Waals surface area (Å²) in [4.78, 5) is 26.5. The Morgan fingerprint density at radius 1 is 1.12 bits per heavy atom. The number of ether oxygens (including phenoxy) is 1. The molecule has 1 unspecified atom stereocenters. The standard InChI is InChI=1S/C23H19N3O4S2/c1-13(20-25-26-21(30-20)17-8-5-11-31-17)29-23(28)18-16(14-6-3-2-4-7-14)12-32-22(18)24-19(27)15-9-10-15/h2-8,11-13,15H,9-10H2,1H3,(H,24,27). The fourth-order valence-corrected chi connectivity index (χ4v) is 4.82. The molecule has 4 aromatic rings. The highest BCUT2D eigenvalue weighted by Crippen LogP contribution is 2.39. The molecule has 7 nitrogen and oxygen atoms in total. The minimum atomic E-state index is -0.751. The molecular weight excluding hydrogens is 446 g/mol. The van der Waals surface area contributed by atoms with Crippen LogP contribution >= 0.6 is 22.7 Å². The van der Waals surface area contributed by atoms with Gasteiger partial charge in [0.1, 0.15) is 10.6 Å². The van der Waals surface area contributed by atoms with Crippen LogP contribution in [-0.2, 0) is 9.53 Å². The van der Waals surface area contributed by atoms with Crippen molar-refractivity contribution in [1.82, 2.24) is 10.2 Å². The predicted octanol–water partition coefficient (Wildman–Crippen LogP) is 5.79. The minimum absolute atomic E-state index is 0.0223. The predicted molar refractivity (Wildman–Crippen MR) is 123 cm³/mol. The van der Waals surface area contributed by atoms with Crippen molar-refractivity contribution in [3.63, 3.8) is 0 Å². The molecule has 0 spiro atoms. The maximum absolute atomic E-state index is 13.3. The number of anilines is 1. The first-order valence-corrected chi connectivity index (χ1v) is 11.9. The Labute approximate surface area is 192 Å². The Balaban J connectivity index is 1.41. The number of benzene rings is 1. The number of nitrogens with zero attached hydrogens (tertiary/aromatic N) is 2. The van der Waals surface area contributed by atoms with E-state index in [1.54, 1.807) is 6.92 Å². The number of carbonyl (C=O) groups is 2. The largest absolute Gasteiger partial charge is 0.449 e. The van der Waals surface area contributed by atoms with E-state index >= 15 is 0 Å². The van der Waals surface area contributed by atoms with E-state index in [2.05, 4.69) is 15.5 Å². The maximum atomic E-state index is 13.3. The van der Waals surface area contributed by atoms with E-state index in [1.165, 1.54) is 22.7 Å². The molecule has 162 valence electrons. The van der Waals surface area contributed by atoms with Gasteiger partial charge in [0, 0.05) is 16.9 Å². The first-order valence-electron chi connectivity index (χ1n) is 10.2. The van der Waals surface area contributed by atoms with Crippen LogP contribution in [0.2, 0.25) is 0 Å². The van der Waals surface area contributed by atoms with Gasteiger partial charge in [0.2, 0.25) is 5.91 Å². The van der Waals surface area contributed by atoms with Gasteiger partial charge in [-0.3, -0.25) is 4.79 Å². The fraction of sp³-hybridized carbons (Fsp3) is 0.217. The highest BCUT2D eigenvalue weighted by molar-refractivity contribution is 7.15. The van der Waals surface area contributed by atoms with Crippen molar-refractivity contribution in [1.29, 1.82) is 0 Å². The lowest BCUT2D eigenvalue weighted by Crippen LogP contribution is -2.16. The topological polar surface area (TPSA) is 94.3 Å². The van der Waals surface area contributed by atoms with Crippen LogP contribution in [0.15, 0.2) is 57.6 Å². The van der Waals surface area contributed by atoms with Crippen LogP contribution < -0.4 is 5.32 Å². The molecule has 1 saturated carbocycles. The van der Waals surface area contributed by atoms with E-state index < -0.39 is 12.1 Å². The summed E-state index contributed by atoms with van der Waals surface area (Å²) < 4.78 is 11.4. The molecule has 32 heavy (non-hydrogen) atoms. The number of rotatable bonds is 7. The molecule has 0 saturated heterocycles. The van der Waals surface area contributed by atoms with Crippen LogP contribution in [0.25, 0.3) is 21.9 Å². The van der Waals surface area contributed by atoms with Crippen LogP contribution in [0.4, 0.5) is 5.00 Å². The van der Waals surface area contributed by atoms with Crippen LogP contribution in [0, 0.1) is 5.92 Å². The number of esters is 1. The van der Waals surface area contributed by atoms with Crippen LogP contribution in [0.3, 0.4) is 0 Å². The maximum Gasteiger partial charge on any atom is 0.342 e. The summed E-state index contributed by atoms with van der Waals surface area (Å²) in [5, 5.41) is 15.3. The Kier molecular flexibility index (Phi) is 5.59.